The van der Waals surface area contributed by atoms with Gasteiger partial charge < -0.3 is 4.42 Å². The highest BCUT2D eigenvalue weighted by Crippen LogP contribution is 2.28. The number of hydrogen-bond acceptors (Lipinski definition) is 4. The van der Waals surface area contributed by atoms with Crippen LogP contribution in [0.3, 0.4) is 0 Å². The molecule has 0 unspecified atom stereocenters. The molecule has 1 saturated carbocycles. The van der Waals surface area contributed by atoms with Crippen LogP contribution in [0.1, 0.15) is 60.2 Å². The van der Waals surface area contributed by atoms with Gasteiger partial charge in [-0.3, -0.25) is 14.9 Å². The van der Waals surface area contributed by atoms with Crippen LogP contribution in [0.4, 0.5) is 0 Å². The van der Waals surface area contributed by atoms with Gasteiger partial charge in [0, 0.05) is 6.07 Å². The van der Waals surface area contributed by atoms with Gasteiger partial charge in [0.15, 0.2) is 0 Å². The van der Waals surface area contributed by atoms with Crippen LogP contribution in [0.15, 0.2) is 15.3 Å². The van der Waals surface area contributed by atoms with Crippen molar-refractivity contribution in [1.82, 2.24) is 5.32 Å². The molecule has 5 nitrogen and oxygen atoms in total. The topological polar surface area (TPSA) is 76.4 Å². The number of carbonyl (C=O) groups excluding carboxylic acids is 2. The maximum absolute atomic E-state index is 12.0. The average molecular weight is 289 g/mol. The van der Waals surface area contributed by atoms with Crippen LogP contribution in [0, 0.1) is 5.92 Å². The van der Waals surface area contributed by atoms with Gasteiger partial charge in [-0.1, -0.05) is 32.1 Å². The molecule has 2 heterocycles. The number of fused-ring (bicyclic) bond motifs is 1. The van der Waals surface area contributed by atoms with Crippen molar-refractivity contribution in [3.8, 4) is 0 Å². The highest BCUT2D eigenvalue weighted by atomic mass is 16.4. The third-order valence-corrected chi connectivity index (χ3v) is 4.46. The van der Waals surface area contributed by atoms with E-state index in [4.69, 9.17) is 4.42 Å². The Morgan fingerprint density at radius 2 is 1.90 bits per heavy atom. The van der Waals surface area contributed by atoms with Gasteiger partial charge in [0.05, 0.1) is 12.0 Å². The first-order chi connectivity index (χ1) is 10.1. The van der Waals surface area contributed by atoms with Crippen molar-refractivity contribution in [2.24, 2.45) is 5.92 Å². The van der Waals surface area contributed by atoms with Crippen LogP contribution in [-0.2, 0) is 17.6 Å². The number of carbonyl (C=O) groups is 2. The lowest BCUT2D eigenvalue weighted by Gasteiger charge is -2.22. The van der Waals surface area contributed by atoms with E-state index >= 15 is 0 Å². The SMILES string of the molecule is O=C1Cc2oc(=O)cc(CCC3CCCCC3)c2C(=O)N1. The predicted molar refractivity (Wildman–Crippen MR) is 76.1 cm³/mol. The molecule has 1 aliphatic carbocycles. The van der Waals surface area contributed by atoms with Crippen LogP contribution >= 0.6 is 0 Å². The molecular formula is C16H19NO4. The molecular weight excluding hydrogens is 270 g/mol. The Labute approximate surface area is 122 Å². The molecule has 1 fully saturated rings. The first-order valence-corrected chi connectivity index (χ1v) is 7.63. The lowest BCUT2D eigenvalue weighted by Crippen LogP contribution is -2.38. The zero-order valence-corrected chi connectivity index (χ0v) is 11.9. The van der Waals surface area contributed by atoms with Gasteiger partial charge in [0.25, 0.3) is 5.91 Å². The van der Waals surface area contributed by atoms with Gasteiger partial charge in [-0.25, -0.2) is 4.79 Å². The third kappa shape index (κ3) is 3.06. The molecule has 0 radical (unpaired) electrons. The summed E-state index contributed by atoms with van der Waals surface area (Å²) in [6.07, 6.45) is 7.96. The summed E-state index contributed by atoms with van der Waals surface area (Å²) in [5.74, 6) is 0.0357. The fourth-order valence-electron chi connectivity index (χ4n) is 3.40. The van der Waals surface area contributed by atoms with Crippen molar-refractivity contribution in [3.63, 3.8) is 0 Å². The second-order valence-electron chi connectivity index (χ2n) is 5.99. The molecule has 1 N–H and O–H groups in total. The van der Waals surface area contributed by atoms with Crippen LogP contribution in [-0.4, -0.2) is 11.8 Å². The number of rotatable bonds is 3. The minimum absolute atomic E-state index is 0.0341. The van der Waals surface area contributed by atoms with Crippen LogP contribution in [0.2, 0.25) is 0 Å². The van der Waals surface area contributed by atoms with Gasteiger partial charge in [-0.15, -0.1) is 0 Å². The zero-order valence-electron chi connectivity index (χ0n) is 11.9. The quantitative estimate of drug-likeness (QED) is 0.863. The standard InChI is InChI=1S/C16H19NO4/c18-13-9-12-15(16(20)17-13)11(8-14(19)21-12)7-6-10-4-2-1-3-5-10/h8,10H,1-7,9H2,(H,17,18,20). The highest BCUT2D eigenvalue weighted by Gasteiger charge is 2.28. The second kappa shape index (κ2) is 5.84. The zero-order chi connectivity index (χ0) is 14.8. The molecule has 21 heavy (non-hydrogen) atoms. The van der Waals surface area contributed by atoms with Crippen LogP contribution in [0.5, 0.6) is 0 Å². The van der Waals surface area contributed by atoms with Gasteiger partial charge in [0.1, 0.15) is 5.76 Å². The Morgan fingerprint density at radius 3 is 2.67 bits per heavy atom. The van der Waals surface area contributed by atoms with Gasteiger partial charge in [0.2, 0.25) is 5.91 Å². The minimum atomic E-state index is -0.477. The van der Waals surface area contributed by atoms with E-state index in [0.29, 0.717) is 17.9 Å². The predicted octanol–water partition coefficient (Wildman–Crippen LogP) is 1.97. The van der Waals surface area contributed by atoms with Gasteiger partial charge >= 0.3 is 5.63 Å². The molecule has 1 aromatic heterocycles. The van der Waals surface area contributed by atoms with Crippen molar-refractivity contribution in [2.75, 3.05) is 0 Å². The monoisotopic (exact) mass is 289 g/mol. The molecule has 5 heteroatoms. The number of imide groups is 1. The van der Waals surface area contributed by atoms with E-state index in [1.807, 2.05) is 0 Å². The largest absolute Gasteiger partial charge is 0.426 e. The molecule has 1 aliphatic heterocycles. The highest BCUT2D eigenvalue weighted by molar-refractivity contribution is 6.09. The molecule has 0 bridgehead atoms. The average Bonchev–Trinajstić information content (AvgIpc) is 2.44. The number of amides is 2. The van der Waals surface area contributed by atoms with Crippen LogP contribution < -0.4 is 10.9 Å². The normalized spacial score (nSPS) is 19.2. The van der Waals surface area contributed by atoms with Crippen molar-refractivity contribution in [2.45, 2.75) is 51.4 Å². The number of hydrogen-bond donors (Lipinski definition) is 1. The van der Waals surface area contributed by atoms with Gasteiger partial charge in [-0.2, -0.15) is 0 Å². The summed E-state index contributed by atoms with van der Waals surface area (Å²) < 4.78 is 5.04. The van der Waals surface area contributed by atoms with Crippen molar-refractivity contribution >= 4 is 11.8 Å². The van der Waals surface area contributed by atoms with Crippen molar-refractivity contribution in [3.05, 3.63) is 33.4 Å². The summed E-state index contributed by atoms with van der Waals surface area (Å²) in [6.45, 7) is 0. The Balaban J connectivity index is 1.83. The summed E-state index contributed by atoms with van der Waals surface area (Å²) in [6, 6.07) is 1.40. The van der Waals surface area contributed by atoms with Gasteiger partial charge in [-0.05, 0) is 24.3 Å². The Bertz CT molecular complexity index is 626. The van der Waals surface area contributed by atoms with E-state index < -0.39 is 17.4 Å². The fraction of sp³-hybridized carbons (Fsp3) is 0.562. The maximum atomic E-state index is 12.0. The molecule has 3 rings (SSSR count). The summed E-state index contributed by atoms with van der Waals surface area (Å²) in [5, 5.41) is 2.29. The first kappa shape index (κ1) is 14.0. The van der Waals surface area contributed by atoms with E-state index in [1.165, 1.54) is 38.2 Å². The van der Waals surface area contributed by atoms with E-state index in [1.54, 1.807) is 0 Å². The van der Waals surface area contributed by atoms with Crippen molar-refractivity contribution < 1.29 is 14.0 Å². The minimum Gasteiger partial charge on any atom is -0.426 e. The molecule has 0 spiro atoms. The molecule has 0 atom stereocenters. The molecule has 0 saturated heterocycles. The Kier molecular flexibility index (Phi) is 3.90. The summed E-state index contributed by atoms with van der Waals surface area (Å²) in [4.78, 5) is 35.0. The lowest BCUT2D eigenvalue weighted by molar-refractivity contribution is -0.120. The molecule has 2 amide bonds. The Morgan fingerprint density at radius 1 is 1.14 bits per heavy atom. The summed E-state index contributed by atoms with van der Waals surface area (Å²) in [5.41, 5.74) is 0.636. The molecule has 1 aromatic rings. The van der Waals surface area contributed by atoms with E-state index in [9.17, 15) is 14.4 Å². The van der Waals surface area contributed by atoms with Crippen LogP contribution in [0.25, 0.3) is 0 Å². The Hall–Kier alpha value is -1.91. The maximum Gasteiger partial charge on any atom is 0.336 e. The molecule has 2 aliphatic rings. The number of nitrogens with one attached hydrogen (secondary N) is 1. The van der Waals surface area contributed by atoms with E-state index in [2.05, 4.69) is 5.32 Å². The van der Waals surface area contributed by atoms with E-state index in [0.717, 1.165) is 12.0 Å². The van der Waals surface area contributed by atoms with E-state index in [-0.39, 0.29) is 12.2 Å². The fourth-order valence-corrected chi connectivity index (χ4v) is 3.40. The molecule has 112 valence electrons. The second-order valence-corrected chi connectivity index (χ2v) is 5.99. The third-order valence-electron chi connectivity index (χ3n) is 4.46. The summed E-state index contributed by atoms with van der Waals surface area (Å²) in [7, 11) is 0. The number of aryl methyl sites for hydroxylation is 1. The lowest BCUT2D eigenvalue weighted by atomic mass is 9.84. The summed E-state index contributed by atoms with van der Waals surface area (Å²) >= 11 is 0. The molecule has 0 aromatic carbocycles. The first-order valence-electron chi connectivity index (χ1n) is 7.63. The smallest absolute Gasteiger partial charge is 0.336 e. The van der Waals surface area contributed by atoms with Crippen molar-refractivity contribution in [1.29, 1.82) is 0 Å².